The zero-order chi connectivity index (χ0) is 25.0. The number of aliphatic hydroxyl groups excluding tert-OH is 2. The fourth-order valence-electron chi connectivity index (χ4n) is 3.06. The first-order chi connectivity index (χ1) is 15.6. The molecular weight excluding hydrogens is 442 g/mol. The van der Waals surface area contributed by atoms with Gasteiger partial charge in [-0.2, -0.15) is 0 Å². The average Bonchev–Trinajstić information content (AvgIpc) is 2.74. The van der Waals surface area contributed by atoms with Gasteiger partial charge in [0.05, 0.1) is 25.3 Å². The number of nitrogens with two attached hydrogens (primary N) is 2. The number of aliphatic carboxylic acids is 1. The molecule has 0 radical (unpaired) electrons. The van der Waals surface area contributed by atoms with Gasteiger partial charge in [0.1, 0.15) is 18.8 Å². The van der Waals surface area contributed by atoms with Crippen LogP contribution in [0.4, 0.5) is 0 Å². The molecule has 0 spiro atoms. The number of ether oxygens (including phenoxy) is 3. The normalized spacial score (nSPS) is 21.7. The second kappa shape index (κ2) is 14.3. The second-order valence-corrected chi connectivity index (χ2v) is 7.18. The predicted molar refractivity (Wildman–Crippen MR) is 115 cm³/mol. The lowest BCUT2D eigenvalue weighted by molar-refractivity contribution is -0.158. The molecule has 33 heavy (non-hydrogen) atoms. The first-order valence-corrected chi connectivity index (χ1v) is 10.3. The van der Waals surface area contributed by atoms with Crippen LogP contribution in [0.3, 0.4) is 0 Å². The summed E-state index contributed by atoms with van der Waals surface area (Å²) in [5, 5.41) is 34.3. The van der Waals surface area contributed by atoms with Crippen LogP contribution in [0, 0.1) is 0 Å². The number of carboxylic acid groups (broad SMARTS) is 1. The number of aliphatic imine (C=N–C) groups is 1. The fourth-order valence-corrected chi connectivity index (χ4v) is 3.06. The van der Waals surface area contributed by atoms with Crippen molar-refractivity contribution in [1.29, 1.82) is 0 Å². The molecule has 0 aliphatic carbocycles. The highest BCUT2D eigenvalue weighted by molar-refractivity contribution is 5.85. The Hall–Kier alpha value is -2.94. The lowest BCUT2D eigenvalue weighted by atomic mass is 9.92. The van der Waals surface area contributed by atoms with Crippen molar-refractivity contribution in [2.45, 2.75) is 50.7 Å². The van der Waals surface area contributed by atoms with Gasteiger partial charge in [-0.05, 0) is 12.5 Å². The molecule has 0 aromatic heterocycles. The monoisotopic (exact) mass is 475 g/mol. The third kappa shape index (κ3) is 9.61. The van der Waals surface area contributed by atoms with Gasteiger partial charge in [0.25, 0.3) is 0 Å². The smallest absolute Gasteiger partial charge is 0.370 e. The highest BCUT2D eigenvalue weighted by Crippen LogP contribution is 2.26. The summed E-state index contributed by atoms with van der Waals surface area (Å²) in [6, 6.07) is -2.19. The second-order valence-electron chi connectivity index (χ2n) is 7.18. The minimum atomic E-state index is -1.60. The lowest BCUT2D eigenvalue weighted by Crippen LogP contribution is -2.60. The van der Waals surface area contributed by atoms with E-state index in [2.05, 4.69) is 15.6 Å². The number of guanidine groups is 1. The Morgan fingerprint density at radius 2 is 2.00 bits per heavy atom. The molecule has 0 saturated heterocycles. The number of carbonyl (C=O) groups excluding carboxylic acids is 2. The number of hydrogen-bond acceptors (Lipinski definition) is 9. The van der Waals surface area contributed by atoms with Crippen LogP contribution < -0.4 is 22.1 Å². The number of amides is 2. The van der Waals surface area contributed by atoms with Crippen molar-refractivity contribution in [3.05, 3.63) is 11.8 Å². The minimum absolute atomic E-state index is 0.225. The van der Waals surface area contributed by atoms with Gasteiger partial charge >= 0.3 is 5.97 Å². The fraction of sp³-hybridized carbons (Fsp3) is 0.684. The summed E-state index contributed by atoms with van der Waals surface area (Å²) in [5.74, 6) is -3.49. The number of hydrogen-bond donors (Lipinski definition) is 7. The molecule has 2 amide bonds. The largest absolute Gasteiger partial charge is 0.478 e. The highest BCUT2D eigenvalue weighted by atomic mass is 16.6. The van der Waals surface area contributed by atoms with E-state index in [0.717, 1.165) is 12.5 Å². The Balaban J connectivity index is 3.08. The first kappa shape index (κ1) is 28.1. The molecule has 1 rings (SSSR count). The molecule has 9 N–H and O–H groups in total. The van der Waals surface area contributed by atoms with Crippen LogP contribution in [-0.2, 0) is 28.6 Å². The number of nitrogens with zero attached hydrogens (tertiary/aromatic N) is 1. The van der Waals surface area contributed by atoms with Gasteiger partial charge in [-0.1, -0.05) is 6.92 Å². The summed E-state index contributed by atoms with van der Waals surface area (Å²) in [5.41, 5.74) is 10.9. The van der Waals surface area contributed by atoms with Gasteiger partial charge in [0.15, 0.2) is 12.1 Å². The third-order valence-corrected chi connectivity index (χ3v) is 4.40. The van der Waals surface area contributed by atoms with Gasteiger partial charge in [0.2, 0.25) is 17.6 Å². The zero-order valence-electron chi connectivity index (χ0n) is 18.6. The van der Waals surface area contributed by atoms with Crippen molar-refractivity contribution in [2.24, 2.45) is 16.5 Å². The van der Waals surface area contributed by atoms with Crippen LogP contribution in [0.25, 0.3) is 0 Å². The highest BCUT2D eigenvalue weighted by Gasteiger charge is 2.45. The topological polar surface area (TPSA) is 228 Å². The molecule has 0 saturated carbocycles. The molecule has 0 fully saturated rings. The van der Waals surface area contributed by atoms with Crippen LogP contribution in [0.2, 0.25) is 0 Å². The minimum Gasteiger partial charge on any atom is -0.478 e. The SMILES string of the molecule is CCCOCCNC(=O)CO[C@@H]([C@@H]1OC(C(=O)O)=C[C@H](N=C(N)N)[C@H]1NC(C)=O)[C@H](O)CO. The van der Waals surface area contributed by atoms with E-state index in [0.29, 0.717) is 13.2 Å². The van der Waals surface area contributed by atoms with E-state index in [4.69, 9.17) is 25.7 Å². The molecule has 1 aliphatic rings. The van der Waals surface area contributed by atoms with Crippen LogP contribution in [-0.4, -0.2) is 102 Å². The molecule has 0 bridgehead atoms. The molecule has 0 aromatic carbocycles. The van der Waals surface area contributed by atoms with E-state index in [-0.39, 0.29) is 12.5 Å². The van der Waals surface area contributed by atoms with E-state index >= 15 is 0 Å². The molecule has 1 heterocycles. The average molecular weight is 475 g/mol. The first-order valence-electron chi connectivity index (χ1n) is 10.3. The Morgan fingerprint density at radius 3 is 2.55 bits per heavy atom. The standard InChI is InChI=1S/C19H33N5O9/c1-3-5-31-6-4-22-14(28)9-32-16(12(27)8-25)17-15(23-10(2)26)11(24-19(20)21)7-13(33-17)18(29)30/h7,11-12,15-17,25,27H,3-6,8-9H2,1-2H3,(H,22,28)(H,23,26)(H,29,30)(H4,20,21,24)/t11-,12+,15+,16+,17+/m0/s1. The van der Waals surface area contributed by atoms with E-state index in [9.17, 15) is 29.7 Å². The molecule has 0 unspecified atom stereocenters. The van der Waals surface area contributed by atoms with Crippen molar-refractivity contribution in [3.63, 3.8) is 0 Å². The molecular formula is C19H33N5O9. The van der Waals surface area contributed by atoms with E-state index < -0.39 is 67.2 Å². The zero-order valence-corrected chi connectivity index (χ0v) is 18.6. The quantitative estimate of drug-likeness (QED) is 0.0750. The molecule has 14 nitrogen and oxygen atoms in total. The van der Waals surface area contributed by atoms with E-state index in [1.165, 1.54) is 6.92 Å². The van der Waals surface area contributed by atoms with Crippen molar-refractivity contribution >= 4 is 23.7 Å². The van der Waals surface area contributed by atoms with Gasteiger partial charge in [0, 0.05) is 20.1 Å². The molecule has 188 valence electrons. The molecule has 5 atom stereocenters. The molecule has 1 aliphatic heterocycles. The Kier molecular flexibility index (Phi) is 12.1. The van der Waals surface area contributed by atoms with Gasteiger partial charge in [-0.3, -0.25) is 9.59 Å². The van der Waals surface area contributed by atoms with E-state index in [1.807, 2.05) is 6.92 Å². The van der Waals surface area contributed by atoms with Crippen LogP contribution in [0.1, 0.15) is 20.3 Å². The number of nitrogens with one attached hydrogen (secondary N) is 2. The summed E-state index contributed by atoms with van der Waals surface area (Å²) >= 11 is 0. The summed E-state index contributed by atoms with van der Waals surface area (Å²) in [4.78, 5) is 39.4. The third-order valence-electron chi connectivity index (χ3n) is 4.40. The Morgan fingerprint density at radius 1 is 1.30 bits per heavy atom. The Bertz CT molecular complexity index is 726. The number of rotatable bonds is 14. The number of carboxylic acids is 1. The van der Waals surface area contributed by atoms with Crippen molar-refractivity contribution in [3.8, 4) is 0 Å². The predicted octanol–water partition coefficient (Wildman–Crippen LogP) is -3.22. The molecule has 0 aromatic rings. The van der Waals surface area contributed by atoms with Crippen molar-refractivity contribution < 1.29 is 43.9 Å². The van der Waals surface area contributed by atoms with Crippen LogP contribution in [0.5, 0.6) is 0 Å². The maximum absolute atomic E-state index is 12.1. The summed E-state index contributed by atoms with van der Waals surface area (Å²) in [6.07, 6.45) is -2.48. The van der Waals surface area contributed by atoms with Gasteiger partial charge in [-0.15, -0.1) is 0 Å². The lowest BCUT2D eigenvalue weighted by Gasteiger charge is -2.40. The van der Waals surface area contributed by atoms with Gasteiger partial charge in [-0.25, -0.2) is 9.79 Å². The van der Waals surface area contributed by atoms with Crippen molar-refractivity contribution in [2.75, 3.05) is 33.0 Å². The summed E-state index contributed by atoms with van der Waals surface area (Å²) in [6.45, 7) is 2.87. The van der Waals surface area contributed by atoms with Gasteiger partial charge < -0.3 is 51.6 Å². The summed E-state index contributed by atoms with van der Waals surface area (Å²) < 4.78 is 16.2. The summed E-state index contributed by atoms with van der Waals surface area (Å²) in [7, 11) is 0. The van der Waals surface area contributed by atoms with E-state index in [1.54, 1.807) is 0 Å². The van der Waals surface area contributed by atoms with Crippen molar-refractivity contribution in [1.82, 2.24) is 10.6 Å². The maximum Gasteiger partial charge on any atom is 0.370 e. The Labute approximate surface area is 190 Å². The number of aliphatic hydroxyl groups is 2. The number of carbonyl (C=O) groups is 3. The molecule has 14 heteroatoms. The maximum atomic E-state index is 12.1. The van der Waals surface area contributed by atoms with Crippen LogP contribution in [0.15, 0.2) is 16.8 Å². The van der Waals surface area contributed by atoms with Crippen LogP contribution >= 0.6 is 0 Å².